The maximum Gasteiger partial charge on any atom is 0.338 e. The molecule has 2 heterocycles. The van der Waals surface area contributed by atoms with Gasteiger partial charge in [-0.3, -0.25) is 0 Å². The van der Waals surface area contributed by atoms with Crippen LogP contribution < -0.4 is 10.1 Å². The molecule has 0 bridgehead atoms. The number of aromatic nitrogens is 4. The summed E-state index contributed by atoms with van der Waals surface area (Å²) >= 11 is 6.27. The summed E-state index contributed by atoms with van der Waals surface area (Å²) in [5.74, 6) is 0.785. The monoisotopic (exact) mass is 479 g/mol. The summed E-state index contributed by atoms with van der Waals surface area (Å²) in [6, 6.07) is 14.6. The van der Waals surface area contributed by atoms with Gasteiger partial charge >= 0.3 is 5.97 Å². The molecule has 1 saturated carbocycles. The van der Waals surface area contributed by atoms with Crippen molar-refractivity contribution in [3.05, 3.63) is 76.0 Å². The molecule has 2 aliphatic rings. The van der Waals surface area contributed by atoms with E-state index in [4.69, 9.17) is 21.1 Å². The van der Waals surface area contributed by atoms with Crippen LogP contribution in [0.3, 0.4) is 0 Å². The van der Waals surface area contributed by atoms with Crippen molar-refractivity contribution in [3.63, 3.8) is 0 Å². The number of allylic oxidation sites excluding steroid dienone is 1. The van der Waals surface area contributed by atoms with Gasteiger partial charge in [-0.1, -0.05) is 53.5 Å². The molecule has 1 aliphatic carbocycles. The molecule has 8 nitrogen and oxygen atoms in total. The van der Waals surface area contributed by atoms with Gasteiger partial charge in [-0.05, 0) is 66.8 Å². The molecule has 1 fully saturated rings. The van der Waals surface area contributed by atoms with Gasteiger partial charge in [-0.2, -0.15) is 4.68 Å². The van der Waals surface area contributed by atoms with E-state index < -0.39 is 6.04 Å². The molecule has 34 heavy (non-hydrogen) atoms. The van der Waals surface area contributed by atoms with Crippen LogP contribution in [-0.4, -0.2) is 32.3 Å². The molecule has 1 N–H and O–H groups in total. The summed E-state index contributed by atoms with van der Waals surface area (Å²) < 4.78 is 13.6. The zero-order chi connectivity index (χ0) is 23.5. The van der Waals surface area contributed by atoms with Gasteiger partial charge in [0.15, 0.2) is 0 Å². The molecule has 9 heteroatoms. The molecule has 1 unspecified atom stereocenters. The number of hydrogen-bond acceptors (Lipinski definition) is 7. The molecule has 2 aromatic carbocycles. The third kappa shape index (κ3) is 4.63. The summed E-state index contributed by atoms with van der Waals surface area (Å²) in [5.41, 5.74) is 2.89. The van der Waals surface area contributed by atoms with E-state index in [9.17, 15) is 4.79 Å². The highest BCUT2D eigenvalue weighted by Crippen LogP contribution is 2.37. The van der Waals surface area contributed by atoms with E-state index in [1.165, 1.54) is 6.42 Å². The standard InChI is InChI=1S/C25H26ClN5O3/c1-16-22(24(32)34-19-10-3-2-4-11-19)23(31-25(27-16)28-29-30-31)17-9-7-12-20(14-17)33-15-18-8-5-6-13-21(18)26/h5-9,12-14,19,23H,2-4,10-11,15H2,1H3,(H,27,28,30). The van der Waals surface area contributed by atoms with Gasteiger partial charge < -0.3 is 14.8 Å². The Labute approximate surface area is 202 Å². The maximum atomic E-state index is 13.4. The first kappa shape index (κ1) is 22.4. The van der Waals surface area contributed by atoms with Crippen LogP contribution in [-0.2, 0) is 16.1 Å². The van der Waals surface area contributed by atoms with E-state index in [0.29, 0.717) is 34.6 Å². The van der Waals surface area contributed by atoms with Gasteiger partial charge in [0, 0.05) is 16.3 Å². The number of halogens is 1. The third-order valence-electron chi connectivity index (χ3n) is 6.29. The fourth-order valence-electron chi connectivity index (χ4n) is 4.53. The number of nitrogens with one attached hydrogen (secondary N) is 1. The number of tetrazole rings is 1. The second-order valence-corrected chi connectivity index (χ2v) is 9.04. The van der Waals surface area contributed by atoms with E-state index >= 15 is 0 Å². The average Bonchev–Trinajstić information content (AvgIpc) is 3.31. The van der Waals surface area contributed by atoms with Crippen molar-refractivity contribution in [2.45, 2.75) is 57.8 Å². The highest BCUT2D eigenvalue weighted by atomic mass is 35.5. The number of ether oxygens (including phenoxy) is 2. The molecule has 1 aliphatic heterocycles. The van der Waals surface area contributed by atoms with E-state index in [2.05, 4.69) is 20.8 Å². The molecule has 0 saturated heterocycles. The van der Waals surface area contributed by atoms with Gasteiger partial charge in [-0.15, -0.1) is 0 Å². The largest absolute Gasteiger partial charge is 0.489 e. The van der Waals surface area contributed by atoms with Crippen LogP contribution in [0.25, 0.3) is 0 Å². The smallest absolute Gasteiger partial charge is 0.338 e. The molecule has 0 radical (unpaired) electrons. The Kier molecular flexibility index (Phi) is 6.49. The predicted molar refractivity (Wildman–Crippen MR) is 127 cm³/mol. The van der Waals surface area contributed by atoms with Crippen molar-refractivity contribution in [2.75, 3.05) is 5.32 Å². The molecule has 0 amide bonds. The topological polar surface area (TPSA) is 91.2 Å². The van der Waals surface area contributed by atoms with Crippen LogP contribution in [0.5, 0.6) is 5.75 Å². The van der Waals surface area contributed by atoms with Crippen LogP contribution in [0.1, 0.15) is 56.2 Å². The van der Waals surface area contributed by atoms with Crippen molar-refractivity contribution in [2.24, 2.45) is 0 Å². The van der Waals surface area contributed by atoms with Crippen molar-refractivity contribution in [1.82, 2.24) is 20.2 Å². The number of anilines is 1. The Morgan fingerprint density at radius 2 is 1.97 bits per heavy atom. The van der Waals surface area contributed by atoms with Gasteiger partial charge in [0.1, 0.15) is 24.5 Å². The second-order valence-electron chi connectivity index (χ2n) is 8.63. The minimum Gasteiger partial charge on any atom is -0.489 e. The van der Waals surface area contributed by atoms with Crippen molar-refractivity contribution >= 4 is 23.5 Å². The maximum absolute atomic E-state index is 13.4. The van der Waals surface area contributed by atoms with Gasteiger partial charge in [0.05, 0.1) is 5.57 Å². The van der Waals surface area contributed by atoms with E-state index in [-0.39, 0.29) is 12.1 Å². The summed E-state index contributed by atoms with van der Waals surface area (Å²) in [4.78, 5) is 13.4. The lowest BCUT2D eigenvalue weighted by molar-refractivity contribution is -0.146. The predicted octanol–water partition coefficient (Wildman–Crippen LogP) is 5.07. The van der Waals surface area contributed by atoms with Gasteiger partial charge in [0.2, 0.25) is 5.95 Å². The first-order chi connectivity index (χ1) is 16.6. The first-order valence-electron chi connectivity index (χ1n) is 11.5. The quantitative estimate of drug-likeness (QED) is 0.493. The number of fused-ring (bicyclic) bond motifs is 1. The van der Waals surface area contributed by atoms with Crippen LogP contribution in [0.4, 0.5) is 5.95 Å². The Morgan fingerprint density at radius 1 is 1.15 bits per heavy atom. The lowest BCUT2D eigenvalue weighted by atomic mass is 9.94. The SMILES string of the molecule is CC1=C(C(=O)OC2CCCCC2)C(c2cccc(OCc3ccccc3Cl)c2)n2nnnc2N1. The second kappa shape index (κ2) is 9.85. The Hall–Kier alpha value is -3.39. The van der Waals surface area contributed by atoms with E-state index in [0.717, 1.165) is 36.8 Å². The number of hydrogen-bond donors (Lipinski definition) is 1. The fraction of sp³-hybridized carbons (Fsp3) is 0.360. The number of esters is 1. The number of nitrogens with zero attached hydrogens (tertiary/aromatic N) is 4. The molecular formula is C25H26ClN5O3. The molecule has 176 valence electrons. The first-order valence-corrected chi connectivity index (χ1v) is 11.9. The number of benzene rings is 2. The fourth-order valence-corrected chi connectivity index (χ4v) is 4.72. The Morgan fingerprint density at radius 3 is 2.79 bits per heavy atom. The number of carbonyl (C=O) groups excluding carboxylic acids is 1. The summed E-state index contributed by atoms with van der Waals surface area (Å²) in [6.45, 7) is 2.18. The highest BCUT2D eigenvalue weighted by Gasteiger charge is 2.36. The van der Waals surface area contributed by atoms with Crippen molar-refractivity contribution in [3.8, 4) is 5.75 Å². The minimum atomic E-state index is -0.536. The van der Waals surface area contributed by atoms with Crippen molar-refractivity contribution in [1.29, 1.82) is 0 Å². The Bertz CT molecular complexity index is 1220. The summed E-state index contributed by atoms with van der Waals surface area (Å²) in [5, 5.41) is 15.8. The summed E-state index contributed by atoms with van der Waals surface area (Å²) in [6.07, 6.45) is 5.10. The molecule has 1 atom stereocenters. The van der Waals surface area contributed by atoms with E-state index in [1.807, 2.05) is 55.5 Å². The van der Waals surface area contributed by atoms with Gasteiger partial charge in [0.25, 0.3) is 0 Å². The number of carbonyl (C=O) groups is 1. The lowest BCUT2D eigenvalue weighted by Gasteiger charge is -2.29. The number of rotatable bonds is 6. The zero-order valence-electron chi connectivity index (χ0n) is 18.9. The third-order valence-corrected chi connectivity index (χ3v) is 6.65. The molecule has 1 aromatic heterocycles. The van der Waals surface area contributed by atoms with Crippen LogP contribution in [0.2, 0.25) is 5.02 Å². The van der Waals surface area contributed by atoms with Crippen molar-refractivity contribution < 1.29 is 14.3 Å². The highest BCUT2D eigenvalue weighted by molar-refractivity contribution is 6.31. The molecule has 0 spiro atoms. The molecule has 5 rings (SSSR count). The molecule has 3 aromatic rings. The lowest BCUT2D eigenvalue weighted by Crippen LogP contribution is -2.32. The van der Waals surface area contributed by atoms with Crippen LogP contribution in [0, 0.1) is 0 Å². The van der Waals surface area contributed by atoms with Gasteiger partial charge in [-0.25, -0.2) is 4.79 Å². The summed E-state index contributed by atoms with van der Waals surface area (Å²) in [7, 11) is 0. The average molecular weight is 480 g/mol. The minimum absolute atomic E-state index is 0.0530. The van der Waals surface area contributed by atoms with Crippen LogP contribution in [0.15, 0.2) is 59.8 Å². The normalized spacial score (nSPS) is 18.2. The Balaban J connectivity index is 1.43. The van der Waals surface area contributed by atoms with Crippen LogP contribution >= 0.6 is 11.6 Å². The molecular weight excluding hydrogens is 454 g/mol. The zero-order valence-corrected chi connectivity index (χ0v) is 19.7. The van der Waals surface area contributed by atoms with E-state index in [1.54, 1.807) is 4.68 Å².